The van der Waals surface area contributed by atoms with Gasteiger partial charge in [-0.3, -0.25) is 0 Å². The van der Waals surface area contributed by atoms with E-state index in [0.29, 0.717) is 0 Å². The second-order valence-electron chi connectivity index (χ2n) is 2.34. The molecule has 14 heavy (non-hydrogen) atoms. The molecule has 0 aliphatic rings. The lowest BCUT2D eigenvalue weighted by Crippen LogP contribution is -2.21. The van der Waals surface area contributed by atoms with Gasteiger partial charge in [0.1, 0.15) is 0 Å². The molecule has 0 radical (unpaired) electrons. The average Bonchev–Trinajstić information content (AvgIpc) is 2.19. The number of hydrogen-bond donors (Lipinski definition) is 1. The number of hydrogen-bond acceptors (Lipinski definition) is 3. The third-order valence-electron chi connectivity index (χ3n) is 1.35. The summed E-state index contributed by atoms with van der Waals surface area (Å²) in [5.41, 5.74) is 2.27. The molecule has 0 aliphatic heterocycles. The minimum atomic E-state index is -3.60. The van der Waals surface area contributed by atoms with Crippen molar-refractivity contribution in [2.75, 3.05) is 0 Å². The van der Waals surface area contributed by atoms with E-state index in [1.807, 2.05) is 4.89 Å². The van der Waals surface area contributed by atoms with Crippen molar-refractivity contribution in [2.45, 2.75) is 4.90 Å². The first-order chi connectivity index (χ1) is 6.67. The van der Waals surface area contributed by atoms with Crippen molar-refractivity contribution in [3.05, 3.63) is 48.9 Å². The van der Waals surface area contributed by atoms with Crippen LogP contribution in [-0.4, -0.2) is 8.42 Å². The quantitative estimate of drug-likeness (QED) is 0.462. The van der Waals surface area contributed by atoms with Gasteiger partial charge < -0.3 is 4.84 Å². The molecule has 0 unspecified atom stereocenters. The molecule has 1 aromatic rings. The van der Waals surface area contributed by atoms with Crippen molar-refractivity contribution >= 4 is 10.0 Å². The number of sulfonamides is 1. The second kappa shape index (κ2) is 4.62. The van der Waals surface area contributed by atoms with E-state index in [-0.39, 0.29) is 4.90 Å². The van der Waals surface area contributed by atoms with Gasteiger partial charge in [0.05, 0.1) is 4.90 Å². The minimum Gasteiger partial charge on any atom is -0.393 e. The Bertz CT molecular complexity index is 432. The van der Waals surface area contributed by atoms with Gasteiger partial charge in [-0.25, -0.2) is 8.42 Å². The molecule has 1 aromatic carbocycles. The Morgan fingerprint density at radius 3 is 2.57 bits per heavy atom. The van der Waals surface area contributed by atoms with Crippen LogP contribution in [0, 0.1) is 0 Å². The Morgan fingerprint density at radius 1 is 1.36 bits per heavy atom. The topological polar surface area (TPSA) is 55.4 Å². The van der Waals surface area contributed by atoms with Crippen LogP contribution in [0.2, 0.25) is 0 Å². The van der Waals surface area contributed by atoms with Gasteiger partial charge >= 0.3 is 0 Å². The monoisotopic (exact) mass is 211 g/mol. The van der Waals surface area contributed by atoms with Gasteiger partial charge in [0.25, 0.3) is 10.0 Å². The SMILES string of the molecule is C=C=CONS(=O)(=O)c1ccccc1. The van der Waals surface area contributed by atoms with E-state index in [1.165, 1.54) is 12.1 Å². The predicted molar refractivity (Wildman–Crippen MR) is 51.6 cm³/mol. The lowest BCUT2D eigenvalue weighted by molar-refractivity contribution is 0.203. The second-order valence-corrected chi connectivity index (χ2v) is 3.98. The molecule has 0 spiro atoms. The summed E-state index contributed by atoms with van der Waals surface area (Å²) in [5.74, 6) is 0. The summed E-state index contributed by atoms with van der Waals surface area (Å²) in [4.78, 5) is 6.49. The Labute approximate surface area is 82.5 Å². The molecule has 0 saturated carbocycles. The highest BCUT2D eigenvalue weighted by atomic mass is 32.2. The Morgan fingerprint density at radius 2 is 2.00 bits per heavy atom. The number of rotatable bonds is 4. The maximum atomic E-state index is 11.4. The van der Waals surface area contributed by atoms with Gasteiger partial charge in [-0.1, -0.05) is 30.5 Å². The summed E-state index contributed by atoms with van der Waals surface area (Å²) in [7, 11) is -3.60. The molecule has 1 rings (SSSR count). The first-order valence-corrected chi connectivity index (χ1v) is 5.22. The predicted octanol–water partition coefficient (Wildman–Crippen LogP) is 1.20. The summed E-state index contributed by atoms with van der Waals surface area (Å²) < 4.78 is 22.8. The summed E-state index contributed by atoms with van der Waals surface area (Å²) in [5, 5.41) is 0. The highest BCUT2D eigenvalue weighted by Gasteiger charge is 2.12. The maximum Gasteiger partial charge on any atom is 0.271 e. The van der Waals surface area contributed by atoms with Crippen LogP contribution in [0.1, 0.15) is 0 Å². The van der Waals surface area contributed by atoms with Crippen LogP contribution >= 0.6 is 0 Å². The van der Waals surface area contributed by atoms with Crippen LogP contribution < -0.4 is 4.89 Å². The van der Waals surface area contributed by atoms with Crippen molar-refractivity contribution in [3.63, 3.8) is 0 Å². The Balaban J connectivity index is 2.81. The first-order valence-electron chi connectivity index (χ1n) is 3.73. The highest BCUT2D eigenvalue weighted by Crippen LogP contribution is 2.06. The lowest BCUT2D eigenvalue weighted by Gasteiger charge is -2.03. The van der Waals surface area contributed by atoms with Crippen LogP contribution in [-0.2, 0) is 14.9 Å². The minimum absolute atomic E-state index is 0.137. The van der Waals surface area contributed by atoms with E-state index in [4.69, 9.17) is 0 Å². The van der Waals surface area contributed by atoms with Crippen molar-refractivity contribution in [2.24, 2.45) is 0 Å². The maximum absolute atomic E-state index is 11.4. The third kappa shape index (κ3) is 2.74. The van der Waals surface area contributed by atoms with Crippen molar-refractivity contribution in [1.82, 2.24) is 4.89 Å². The molecule has 0 atom stereocenters. The van der Waals surface area contributed by atoms with Crippen LogP contribution in [0.5, 0.6) is 0 Å². The molecule has 74 valence electrons. The van der Waals surface area contributed by atoms with E-state index >= 15 is 0 Å². The summed E-state index contributed by atoms with van der Waals surface area (Å²) in [6, 6.07) is 7.89. The zero-order valence-electron chi connectivity index (χ0n) is 7.30. The molecular weight excluding hydrogens is 202 g/mol. The zero-order valence-corrected chi connectivity index (χ0v) is 8.12. The zero-order chi connectivity index (χ0) is 10.4. The standard InChI is InChI=1S/C9H9NO3S/c1-2-8-13-10-14(11,12)9-6-4-3-5-7-9/h3-8,10H,1H2. The van der Waals surface area contributed by atoms with Gasteiger partial charge in [-0.15, -0.1) is 0 Å². The average molecular weight is 211 g/mol. The normalized spacial score (nSPS) is 10.3. The highest BCUT2D eigenvalue weighted by molar-refractivity contribution is 7.89. The van der Waals surface area contributed by atoms with Crippen LogP contribution in [0.4, 0.5) is 0 Å². The fraction of sp³-hybridized carbons (Fsp3) is 0. The van der Waals surface area contributed by atoms with Crippen molar-refractivity contribution in [1.29, 1.82) is 0 Å². The molecule has 1 N–H and O–H groups in total. The van der Waals surface area contributed by atoms with Crippen molar-refractivity contribution < 1.29 is 13.3 Å². The van der Waals surface area contributed by atoms with Crippen molar-refractivity contribution in [3.8, 4) is 0 Å². The number of nitrogens with one attached hydrogen (secondary N) is 1. The van der Waals surface area contributed by atoms with Gasteiger partial charge in [-0.2, -0.15) is 0 Å². The lowest BCUT2D eigenvalue weighted by atomic mass is 10.4. The van der Waals surface area contributed by atoms with Gasteiger partial charge in [0, 0.05) is 0 Å². The van der Waals surface area contributed by atoms with Crippen LogP contribution in [0.3, 0.4) is 0 Å². The summed E-state index contributed by atoms with van der Waals surface area (Å²) >= 11 is 0. The van der Waals surface area contributed by atoms with Crippen LogP contribution in [0.15, 0.2) is 53.8 Å². The molecule has 4 nitrogen and oxygen atoms in total. The molecule has 0 amide bonds. The molecule has 0 bridgehead atoms. The fourth-order valence-corrected chi connectivity index (χ4v) is 1.56. The molecule has 0 saturated heterocycles. The molecule has 0 heterocycles. The number of benzene rings is 1. The molecular formula is C9H9NO3S. The molecule has 0 aromatic heterocycles. The summed E-state index contributed by atoms with van der Waals surface area (Å²) in [6.45, 7) is 3.21. The molecule has 0 fully saturated rings. The fourth-order valence-electron chi connectivity index (χ4n) is 0.777. The van der Waals surface area contributed by atoms with Crippen LogP contribution in [0.25, 0.3) is 0 Å². The van der Waals surface area contributed by atoms with Gasteiger partial charge in [-0.05, 0) is 17.0 Å². The van der Waals surface area contributed by atoms with Gasteiger partial charge in [0.2, 0.25) is 0 Å². The third-order valence-corrected chi connectivity index (χ3v) is 2.56. The van der Waals surface area contributed by atoms with E-state index in [0.717, 1.165) is 6.26 Å². The van der Waals surface area contributed by atoms with E-state index < -0.39 is 10.0 Å². The van der Waals surface area contributed by atoms with Gasteiger partial charge in [0.15, 0.2) is 6.26 Å². The Kier molecular flexibility index (Phi) is 3.48. The van der Waals surface area contributed by atoms with E-state index in [1.54, 1.807) is 18.2 Å². The Hall–Kier alpha value is -1.55. The first kappa shape index (κ1) is 10.5. The summed E-state index contributed by atoms with van der Waals surface area (Å²) in [6.07, 6.45) is 1.01. The van der Waals surface area contributed by atoms with E-state index in [2.05, 4.69) is 17.1 Å². The molecule has 5 heteroatoms. The largest absolute Gasteiger partial charge is 0.393 e. The van der Waals surface area contributed by atoms with E-state index in [9.17, 15) is 8.42 Å². The molecule has 0 aliphatic carbocycles. The smallest absolute Gasteiger partial charge is 0.271 e.